The first-order valence-electron chi connectivity index (χ1n) is 8.77. The van der Waals surface area contributed by atoms with Crippen LogP contribution in [0, 0.1) is 11.8 Å². The maximum atomic E-state index is 12.2. The van der Waals surface area contributed by atoms with Crippen molar-refractivity contribution in [2.75, 3.05) is 27.2 Å². The number of hydrogen-bond donors (Lipinski definition) is 2. The molecule has 1 saturated heterocycles. The maximum Gasteiger partial charge on any atom is 0.279 e. The topological polar surface area (TPSA) is 94.5 Å². The van der Waals surface area contributed by atoms with E-state index < -0.39 is 10.2 Å². The summed E-state index contributed by atoms with van der Waals surface area (Å²) in [5.41, 5.74) is 0.842. The van der Waals surface area contributed by atoms with Crippen LogP contribution >= 0.6 is 0 Å². The number of likely N-dealkylation sites (tertiary alicyclic amines) is 1. The number of hydrogen-bond acceptors (Lipinski definition) is 5. The maximum absolute atomic E-state index is 12.2. The Bertz CT molecular complexity index is 813. The molecule has 26 heavy (non-hydrogen) atoms. The molecule has 0 amide bonds. The molecule has 0 radical (unpaired) electrons. The Hall–Kier alpha value is -1.68. The van der Waals surface area contributed by atoms with Crippen molar-refractivity contribution in [2.24, 2.45) is 11.8 Å². The fraction of sp³-hybridized carbons (Fsp3) is 0.588. The van der Waals surface area contributed by atoms with Crippen molar-refractivity contribution in [3.05, 3.63) is 30.2 Å². The molecule has 8 nitrogen and oxygen atoms in total. The molecule has 2 unspecified atom stereocenters. The Balaban J connectivity index is 1.68. The second-order valence-electron chi connectivity index (χ2n) is 7.35. The zero-order valence-corrected chi connectivity index (χ0v) is 16.5. The van der Waals surface area contributed by atoms with Gasteiger partial charge in [0.25, 0.3) is 10.2 Å². The van der Waals surface area contributed by atoms with E-state index in [9.17, 15) is 8.42 Å². The third-order valence-electron chi connectivity index (χ3n) is 4.89. The van der Waals surface area contributed by atoms with Crippen molar-refractivity contribution >= 4 is 10.2 Å². The van der Waals surface area contributed by atoms with Crippen molar-refractivity contribution in [1.82, 2.24) is 24.1 Å². The fourth-order valence-electron chi connectivity index (χ4n) is 3.36. The highest BCUT2D eigenvalue weighted by molar-refractivity contribution is 7.87. The van der Waals surface area contributed by atoms with Gasteiger partial charge in [0.1, 0.15) is 11.5 Å². The molecule has 0 spiro atoms. The third-order valence-corrected chi connectivity index (χ3v) is 6.45. The molecule has 3 heterocycles. The number of nitrogens with zero attached hydrogens (tertiary/aromatic N) is 3. The summed E-state index contributed by atoms with van der Waals surface area (Å²) in [5.74, 6) is 2.24. The summed E-state index contributed by atoms with van der Waals surface area (Å²) in [6, 6.07) is 5.63. The van der Waals surface area contributed by atoms with Gasteiger partial charge < -0.3 is 4.42 Å². The van der Waals surface area contributed by atoms with E-state index in [1.807, 2.05) is 18.2 Å². The Morgan fingerprint density at radius 1 is 1.35 bits per heavy atom. The largest absolute Gasteiger partial charge is 0.458 e. The molecule has 2 aromatic rings. The van der Waals surface area contributed by atoms with Gasteiger partial charge in [-0.05, 0) is 30.0 Å². The lowest BCUT2D eigenvalue weighted by Gasteiger charge is -2.24. The summed E-state index contributed by atoms with van der Waals surface area (Å²) in [4.78, 5) is 2.24. The molecule has 144 valence electrons. The van der Waals surface area contributed by atoms with Gasteiger partial charge in [0.05, 0.1) is 6.54 Å². The van der Waals surface area contributed by atoms with Gasteiger partial charge in [0.2, 0.25) is 0 Å². The molecule has 0 bridgehead atoms. The van der Waals surface area contributed by atoms with Gasteiger partial charge >= 0.3 is 0 Å². The fourth-order valence-corrected chi connectivity index (χ4v) is 4.20. The predicted octanol–water partition coefficient (Wildman–Crippen LogP) is 1.52. The van der Waals surface area contributed by atoms with Gasteiger partial charge in [-0.25, -0.2) is 0 Å². The summed E-state index contributed by atoms with van der Waals surface area (Å²) in [6.45, 7) is 6.41. The second kappa shape index (κ2) is 7.51. The Morgan fingerprint density at radius 3 is 2.73 bits per heavy atom. The first kappa shape index (κ1) is 19.1. The molecule has 2 aromatic heterocycles. The smallest absolute Gasteiger partial charge is 0.279 e. The molecule has 1 aliphatic heterocycles. The molecular formula is C17H27N5O3S. The summed E-state index contributed by atoms with van der Waals surface area (Å²) >= 11 is 0. The van der Waals surface area contributed by atoms with Crippen LogP contribution in [0.1, 0.15) is 19.6 Å². The van der Waals surface area contributed by atoms with Gasteiger partial charge in [0.15, 0.2) is 5.76 Å². The van der Waals surface area contributed by atoms with Crippen LogP contribution in [0.3, 0.4) is 0 Å². The van der Waals surface area contributed by atoms with E-state index in [4.69, 9.17) is 4.42 Å². The summed E-state index contributed by atoms with van der Waals surface area (Å²) < 4.78 is 34.4. The third kappa shape index (κ3) is 4.17. The van der Waals surface area contributed by atoms with Crippen LogP contribution in [0.2, 0.25) is 0 Å². The number of nitrogens with one attached hydrogen (secondary N) is 2. The van der Waals surface area contributed by atoms with Crippen LogP contribution in [-0.4, -0.2) is 61.0 Å². The summed E-state index contributed by atoms with van der Waals surface area (Å²) in [6.07, 6.45) is 1.69. The predicted molar refractivity (Wildman–Crippen MR) is 99.4 cm³/mol. The van der Waals surface area contributed by atoms with E-state index in [-0.39, 0.29) is 12.0 Å². The van der Waals surface area contributed by atoms with E-state index in [0.29, 0.717) is 19.0 Å². The molecule has 9 heteroatoms. The number of aromatic nitrogens is 2. The molecule has 3 rings (SSSR count). The molecule has 2 N–H and O–H groups in total. The van der Waals surface area contributed by atoms with Crippen molar-refractivity contribution in [3.8, 4) is 11.5 Å². The lowest BCUT2D eigenvalue weighted by atomic mass is 9.92. The number of aromatic amines is 1. The van der Waals surface area contributed by atoms with E-state index in [1.54, 1.807) is 20.3 Å². The first-order valence-corrected chi connectivity index (χ1v) is 10.2. The lowest BCUT2D eigenvalue weighted by molar-refractivity contribution is 0.274. The van der Waals surface area contributed by atoms with Crippen LogP contribution in [0.5, 0.6) is 0 Å². The zero-order chi connectivity index (χ0) is 18.9. The first-order chi connectivity index (χ1) is 12.3. The molecule has 1 fully saturated rings. The van der Waals surface area contributed by atoms with Crippen LogP contribution in [0.15, 0.2) is 28.8 Å². The summed E-state index contributed by atoms with van der Waals surface area (Å²) in [5, 5.41) is 6.82. The van der Waals surface area contributed by atoms with E-state index >= 15 is 0 Å². The van der Waals surface area contributed by atoms with Gasteiger partial charge in [0, 0.05) is 39.4 Å². The lowest BCUT2D eigenvalue weighted by Crippen LogP contribution is -2.46. The highest BCUT2D eigenvalue weighted by atomic mass is 32.2. The minimum absolute atomic E-state index is 0.107. The van der Waals surface area contributed by atoms with E-state index in [1.165, 1.54) is 4.31 Å². The van der Waals surface area contributed by atoms with Crippen LogP contribution < -0.4 is 4.72 Å². The van der Waals surface area contributed by atoms with Crippen molar-refractivity contribution in [2.45, 2.75) is 26.4 Å². The Kier molecular flexibility index (Phi) is 5.52. The Morgan fingerprint density at radius 2 is 2.12 bits per heavy atom. The van der Waals surface area contributed by atoms with Gasteiger partial charge in [-0.15, -0.1) is 0 Å². The van der Waals surface area contributed by atoms with Gasteiger partial charge in [-0.1, -0.05) is 13.8 Å². The van der Waals surface area contributed by atoms with Gasteiger partial charge in [-0.3, -0.25) is 10.00 Å². The number of furan rings is 1. The molecule has 2 atom stereocenters. The van der Waals surface area contributed by atoms with E-state index in [2.05, 4.69) is 33.7 Å². The number of rotatable bonds is 7. The van der Waals surface area contributed by atoms with Crippen LogP contribution in [-0.2, 0) is 16.8 Å². The average Bonchev–Trinajstić information content (AvgIpc) is 3.27. The highest BCUT2D eigenvalue weighted by Gasteiger charge is 2.37. The molecule has 0 saturated carbocycles. The second-order valence-corrected chi connectivity index (χ2v) is 9.27. The van der Waals surface area contributed by atoms with Crippen LogP contribution in [0.25, 0.3) is 11.5 Å². The number of H-pyrrole nitrogens is 1. The zero-order valence-electron chi connectivity index (χ0n) is 15.6. The molecule has 1 aliphatic rings. The van der Waals surface area contributed by atoms with Gasteiger partial charge in [-0.2, -0.15) is 22.5 Å². The highest BCUT2D eigenvalue weighted by Crippen LogP contribution is 2.28. The average molecular weight is 382 g/mol. The molecular weight excluding hydrogens is 354 g/mol. The summed E-state index contributed by atoms with van der Waals surface area (Å²) in [7, 11) is -0.366. The van der Waals surface area contributed by atoms with Crippen LogP contribution in [0.4, 0.5) is 0 Å². The monoisotopic (exact) mass is 381 g/mol. The SMILES string of the molecule is CC(C)C1CN(Cc2ccc(-c3ccn[nH]3)o2)CC1NS(=O)(=O)N(C)C. The van der Waals surface area contributed by atoms with Crippen molar-refractivity contribution in [1.29, 1.82) is 0 Å². The molecule has 0 aromatic carbocycles. The quantitative estimate of drug-likeness (QED) is 0.758. The minimum atomic E-state index is -3.45. The van der Waals surface area contributed by atoms with Crippen molar-refractivity contribution in [3.63, 3.8) is 0 Å². The minimum Gasteiger partial charge on any atom is -0.458 e. The Labute approximate surface area is 154 Å². The standard InChI is InChI=1S/C17H27N5O3S/c1-12(2)14-10-22(11-16(14)20-26(23,24)21(3)4)9-13-5-6-17(25-13)15-7-8-18-19-15/h5-8,12,14,16,20H,9-11H2,1-4H3,(H,18,19). The van der Waals surface area contributed by atoms with E-state index in [0.717, 1.165) is 23.8 Å². The normalized spacial score (nSPS) is 21.9. The van der Waals surface area contributed by atoms with Crippen molar-refractivity contribution < 1.29 is 12.8 Å². The molecule has 0 aliphatic carbocycles.